The Morgan fingerprint density at radius 1 is 0.300 bits per heavy atom. The monoisotopic (exact) mass is 266 g/mol. The first-order valence-electron chi connectivity index (χ1n) is 9.61. The lowest BCUT2D eigenvalue weighted by atomic mass is 10.1. The molecule has 0 aromatic rings. The number of hydrogen-bond donors (Lipinski definition) is 0. The van der Waals surface area contributed by atoms with E-state index in [1.54, 1.807) is 83.5 Å². The summed E-state index contributed by atoms with van der Waals surface area (Å²) in [5.41, 5.74) is 7.04. The average Bonchev–Trinajstić information content (AvgIpc) is 3.18. The van der Waals surface area contributed by atoms with Crippen LogP contribution < -0.4 is 0 Å². The molecule has 7 spiro atoms. The minimum Gasteiger partial charge on any atom is -0.0465 e. The standard InChI is InChI=1S/C11H14.C9H12/c1-2-8(1)5-10(8)7-11(10)6-9(11)3-4-9;1-2-7(1)5-9(7)6-8(9)3-4-8/h1-7H2;1-6H2. The van der Waals surface area contributed by atoms with Gasteiger partial charge in [-0.25, -0.2) is 0 Å². The fraction of sp³-hybridized carbons (Fsp3) is 1.00. The molecule has 9 saturated carbocycles. The Hall–Kier alpha value is 0. The molecule has 0 nitrogen and oxygen atoms in total. The minimum absolute atomic E-state index is 0.999. The van der Waals surface area contributed by atoms with Gasteiger partial charge in [-0.2, -0.15) is 0 Å². The molecule has 0 amide bonds. The Bertz CT molecular complexity index is 556. The maximum Gasteiger partial charge on any atom is -0.0167 e. The van der Waals surface area contributed by atoms with E-state index >= 15 is 0 Å². The predicted octanol–water partition coefficient (Wildman–Crippen LogP) is 5.07. The van der Waals surface area contributed by atoms with Crippen molar-refractivity contribution in [2.24, 2.45) is 37.9 Å². The summed E-state index contributed by atoms with van der Waals surface area (Å²) in [4.78, 5) is 0. The van der Waals surface area contributed by atoms with Gasteiger partial charge in [-0.3, -0.25) is 0 Å². The van der Waals surface area contributed by atoms with E-state index in [1.165, 1.54) is 0 Å². The Balaban J connectivity index is 0.0000000827. The van der Waals surface area contributed by atoms with E-state index < -0.39 is 0 Å². The van der Waals surface area contributed by atoms with Crippen LogP contribution >= 0.6 is 0 Å². The molecule has 0 radical (unpaired) electrons. The topological polar surface area (TPSA) is 0 Å². The normalized spacial score (nSPS) is 58.8. The fourth-order valence-electron chi connectivity index (χ4n) is 8.68. The first-order chi connectivity index (χ1) is 9.61. The van der Waals surface area contributed by atoms with Gasteiger partial charge in [0.1, 0.15) is 0 Å². The van der Waals surface area contributed by atoms with Crippen LogP contribution in [0.15, 0.2) is 0 Å². The molecule has 9 aliphatic rings. The van der Waals surface area contributed by atoms with Gasteiger partial charge in [0, 0.05) is 0 Å². The Labute approximate surface area is 122 Å². The third kappa shape index (κ3) is 0.720. The quantitative estimate of drug-likeness (QED) is 0.574. The number of hydrogen-bond acceptors (Lipinski definition) is 0. The third-order valence-electron chi connectivity index (χ3n) is 10.9. The highest BCUT2D eigenvalue weighted by atomic mass is 15.0. The summed E-state index contributed by atoms with van der Waals surface area (Å²) >= 11 is 0. The van der Waals surface area contributed by atoms with Crippen LogP contribution in [0, 0.1) is 37.9 Å². The SMILES string of the molecule is C1CC12CC21CC12CC2.C1CC12CC21CC12CC21CC1. The predicted molar refractivity (Wildman–Crippen MR) is 77.1 cm³/mol. The van der Waals surface area contributed by atoms with Gasteiger partial charge >= 0.3 is 0 Å². The molecule has 106 valence electrons. The summed E-state index contributed by atoms with van der Waals surface area (Å²) in [6.45, 7) is 0. The Kier molecular flexibility index (Phi) is 1.01. The van der Waals surface area contributed by atoms with Gasteiger partial charge in [-0.05, 0) is 121 Å². The molecule has 0 aromatic carbocycles. The molecule has 9 fully saturated rings. The summed E-state index contributed by atoms with van der Waals surface area (Å²) in [5.74, 6) is 0. The molecule has 2 unspecified atom stereocenters. The van der Waals surface area contributed by atoms with Crippen molar-refractivity contribution in [2.45, 2.75) is 83.5 Å². The molecule has 9 aliphatic carbocycles. The highest BCUT2D eigenvalue weighted by Crippen LogP contribution is 3.09. The molecule has 20 heavy (non-hydrogen) atoms. The molecule has 0 heteroatoms. The van der Waals surface area contributed by atoms with Crippen molar-refractivity contribution in [2.75, 3.05) is 0 Å². The second kappa shape index (κ2) is 2.04. The van der Waals surface area contributed by atoms with Crippen molar-refractivity contribution in [3.8, 4) is 0 Å². The molecule has 0 heterocycles. The second-order valence-corrected chi connectivity index (χ2v) is 11.3. The minimum atomic E-state index is 0.999. The summed E-state index contributed by atoms with van der Waals surface area (Å²) in [5, 5.41) is 0. The van der Waals surface area contributed by atoms with Crippen molar-refractivity contribution >= 4 is 0 Å². The zero-order valence-corrected chi connectivity index (χ0v) is 12.7. The van der Waals surface area contributed by atoms with Gasteiger partial charge in [0.15, 0.2) is 0 Å². The molecule has 0 aliphatic heterocycles. The van der Waals surface area contributed by atoms with Crippen LogP contribution in [-0.2, 0) is 0 Å². The maximum atomic E-state index is 1.68. The second-order valence-electron chi connectivity index (χ2n) is 11.3. The van der Waals surface area contributed by atoms with E-state index in [0.717, 1.165) is 37.9 Å². The van der Waals surface area contributed by atoms with Gasteiger partial charge in [-0.1, -0.05) is 0 Å². The van der Waals surface area contributed by atoms with E-state index in [9.17, 15) is 0 Å². The summed E-state index contributed by atoms with van der Waals surface area (Å²) in [7, 11) is 0. The van der Waals surface area contributed by atoms with Crippen LogP contribution in [0.5, 0.6) is 0 Å². The largest absolute Gasteiger partial charge is 0.0465 e. The van der Waals surface area contributed by atoms with Crippen molar-refractivity contribution in [1.29, 1.82) is 0 Å². The lowest BCUT2D eigenvalue weighted by Crippen LogP contribution is -1.86. The van der Waals surface area contributed by atoms with Gasteiger partial charge in [0.05, 0.1) is 0 Å². The van der Waals surface area contributed by atoms with E-state index in [-0.39, 0.29) is 0 Å². The first-order valence-corrected chi connectivity index (χ1v) is 9.61. The Morgan fingerprint density at radius 2 is 0.600 bits per heavy atom. The zero-order valence-electron chi connectivity index (χ0n) is 12.7. The fourth-order valence-corrected chi connectivity index (χ4v) is 8.68. The number of fused-ring (bicyclic) bond motifs is 5. The maximum absolute atomic E-state index is 1.68. The molecule has 0 saturated heterocycles. The average molecular weight is 266 g/mol. The van der Waals surface area contributed by atoms with Gasteiger partial charge in [0.2, 0.25) is 0 Å². The van der Waals surface area contributed by atoms with Crippen molar-refractivity contribution in [3.63, 3.8) is 0 Å². The highest BCUT2D eigenvalue weighted by Gasteiger charge is 3.01. The summed E-state index contributed by atoms with van der Waals surface area (Å²) in [6.07, 6.45) is 21.2. The number of rotatable bonds is 0. The van der Waals surface area contributed by atoms with E-state index in [2.05, 4.69) is 0 Å². The van der Waals surface area contributed by atoms with E-state index in [4.69, 9.17) is 0 Å². The first kappa shape index (κ1) is 9.90. The third-order valence-corrected chi connectivity index (χ3v) is 10.9. The molecule has 2 atom stereocenters. The van der Waals surface area contributed by atoms with E-state index in [0.29, 0.717) is 0 Å². The van der Waals surface area contributed by atoms with Crippen LogP contribution in [-0.4, -0.2) is 0 Å². The van der Waals surface area contributed by atoms with Crippen molar-refractivity contribution in [1.82, 2.24) is 0 Å². The molecule has 0 bridgehead atoms. The lowest BCUT2D eigenvalue weighted by Gasteiger charge is -1.89. The van der Waals surface area contributed by atoms with Gasteiger partial charge in [0.25, 0.3) is 0 Å². The molecule has 0 aromatic heterocycles. The van der Waals surface area contributed by atoms with Crippen molar-refractivity contribution < 1.29 is 0 Å². The highest BCUT2D eigenvalue weighted by molar-refractivity contribution is 5.49. The van der Waals surface area contributed by atoms with Gasteiger partial charge in [-0.15, -0.1) is 0 Å². The Morgan fingerprint density at radius 3 is 0.850 bits per heavy atom. The van der Waals surface area contributed by atoms with Gasteiger partial charge < -0.3 is 0 Å². The summed E-state index contributed by atoms with van der Waals surface area (Å²) in [6, 6.07) is 0. The smallest absolute Gasteiger partial charge is 0.0167 e. The van der Waals surface area contributed by atoms with Crippen molar-refractivity contribution in [3.05, 3.63) is 0 Å². The zero-order chi connectivity index (χ0) is 12.7. The lowest BCUT2D eigenvalue weighted by molar-refractivity contribution is 0.568. The molecular formula is C20H26. The molecular weight excluding hydrogens is 240 g/mol. The molecule has 9 rings (SSSR count). The van der Waals surface area contributed by atoms with Crippen LogP contribution in [0.2, 0.25) is 0 Å². The summed E-state index contributed by atoms with van der Waals surface area (Å²) < 4.78 is 0. The van der Waals surface area contributed by atoms with Crippen LogP contribution in [0.3, 0.4) is 0 Å². The van der Waals surface area contributed by atoms with E-state index in [1.807, 2.05) is 0 Å². The molecule has 0 N–H and O–H groups in total. The van der Waals surface area contributed by atoms with Crippen LogP contribution in [0.4, 0.5) is 0 Å². The van der Waals surface area contributed by atoms with Crippen LogP contribution in [0.25, 0.3) is 0 Å². The van der Waals surface area contributed by atoms with Crippen LogP contribution in [0.1, 0.15) is 83.5 Å².